The summed E-state index contributed by atoms with van der Waals surface area (Å²) in [6.07, 6.45) is 12.5. The first-order valence-corrected chi connectivity index (χ1v) is 9.21. The van der Waals surface area contributed by atoms with Crippen LogP contribution < -0.4 is 5.32 Å². The fraction of sp³-hybridized carbons (Fsp3) is 0.944. The van der Waals surface area contributed by atoms with E-state index in [1.165, 1.54) is 44.9 Å². The number of nitrogens with zero attached hydrogens (tertiary/aromatic N) is 1. The maximum Gasteiger partial charge on any atom is 0.241 e. The molecule has 2 fully saturated rings. The molecule has 3 heteroatoms. The summed E-state index contributed by atoms with van der Waals surface area (Å²) in [6, 6.07) is 0.556. The minimum atomic E-state index is 0.0733. The van der Waals surface area contributed by atoms with E-state index in [1.807, 2.05) is 0 Å². The van der Waals surface area contributed by atoms with E-state index in [1.54, 1.807) is 0 Å². The van der Waals surface area contributed by atoms with Gasteiger partial charge in [-0.05, 0) is 31.6 Å². The number of hydrogen-bond acceptors (Lipinski definition) is 2. The van der Waals surface area contributed by atoms with Crippen molar-refractivity contribution >= 4 is 5.91 Å². The molecule has 0 radical (unpaired) electrons. The zero-order chi connectivity index (χ0) is 15.2. The van der Waals surface area contributed by atoms with Gasteiger partial charge in [-0.3, -0.25) is 10.1 Å². The first kappa shape index (κ1) is 16.8. The zero-order valence-electron chi connectivity index (χ0n) is 14.2. The van der Waals surface area contributed by atoms with Gasteiger partial charge < -0.3 is 4.90 Å². The summed E-state index contributed by atoms with van der Waals surface area (Å²) in [4.78, 5) is 15.1. The van der Waals surface area contributed by atoms with Crippen LogP contribution in [-0.4, -0.2) is 29.1 Å². The van der Waals surface area contributed by atoms with E-state index in [4.69, 9.17) is 0 Å². The van der Waals surface area contributed by atoms with Crippen molar-refractivity contribution in [1.82, 2.24) is 10.2 Å². The van der Waals surface area contributed by atoms with Crippen LogP contribution in [0.15, 0.2) is 0 Å². The average molecular weight is 294 g/mol. The Bertz CT molecular complexity index is 319. The van der Waals surface area contributed by atoms with Crippen molar-refractivity contribution < 1.29 is 4.79 Å². The summed E-state index contributed by atoms with van der Waals surface area (Å²) < 4.78 is 0. The van der Waals surface area contributed by atoms with Gasteiger partial charge >= 0.3 is 0 Å². The Morgan fingerprint density at radius 2 is 1.76 bits per heavy atom. The molecule has 1 saturated heterocycles. The molecule has 2 unspecified atom stereocenters. The number of nitrogens with one attached hydrogen (secondary N) is 1. The standard InChI is InChI=1S/C18H34N2O/c1-4-10-16-18(21)20(17(19-16)13-14(2)3)15-11-8-6-5-7-9-12-15/h14-17,19H,4-13H2,1-3H3. The molecule has 122 valence electrons. The van der Waals surface area contributed by atoms with Gasteiger partial charge in [-0.15, -0.1) is 0 Å². The van der Waals surface area contributed by atoms with Gasteiger partial charge in [0.05, 0.1) is 12.2 Å². The Balaban J connectivity index is 2.08. The lowest BCUT2D eigenvalue weighted by Crippen LogP contribution is -2.45. The van der Waals surface area contributed by atoms with Gasteiger partial charge in [0.15, 0.2) is 0 Å². The summed E-state index contributed by atoms with van der Waals surface area (Å²) in [5, 5.41) is 3.63. The van der Waals surface area contributed by atoms with Crippen LogP contribution in [-0.2, 0) is 4.79 Å². The maximum atomic E-state index is 12.8. The normalized spacial score (nSPS) is 29.0. The smallest absolute Gasteiger partial charge is 0.241 e. The lowest BCUT2D eigenvalue weighted by Gasteiger charge is -2.34. The minimum absolute atomic E-state index is 0.0733. The topological polar surface area (TPSA) is 32.3 Å². The number of rotatable bonds is 5. The molecule has 0 spiro atoms. The van der Waals surface area contributed by atoms with Gasteiger partial charge in [-0.2, -0.15) is 0 Å². The molecule has 1 saturated carbocycles. The van der Waals surface area contributed by atoms with E-state index in [2.05, 4.69) is 31.0 Å². The van der Waals surface area contributed by atoms with E-state index in [-0.39, 0.29) is 12.2 Å². The maximum absolute atomic E-state index is 12.8. The minimum Gasteiger partial charge on any atom is -0.323 e. The molecule has 0 aromatic heterocycles. The average Bonchev–Trinajstić information content (AvgIpc) is 2.66. The molecule has 0 aromatic carbocycles. The Morgan fingerprint density at radius 1 is 1.14 bits per heavy atom. The molecule has 2 aliphatic rings. The Hall–Kier alpha value is -0.570. The molecular formula is C18H34N2O. The van der Waals surface area contributed by atoms with E-state index < -0.39 is 0 Å². The molecule has 0 aromatic rings. The van der Waals surface area contributed by atoms with Crippen LogP contribution in [0.3, 0.4) is 0 Å². The third-order valence-electron chi connectivity index (χ3n) is 5.02. The molecule has 2 rings (SSSR count). The van der Waals surface area contributed by atoms with Crippen molar-refractivity contribution in [2.45, 2.75) is 103 Å². The third kappa shape index (κ3) is 4.45. The van der Waals surface area contributed by atoms with E-state index in [9.17, 15) is 4.79 Å². The molecular weight excluding hydrogens is 260 g/mol. The van der Waals surface area contributed by atoms with Crippen LogP contribution in [0.1, 0.15) is 85.0 Å². The van der Waals surface area contributed by atoms with Crippen LogP contribution in [0.25, 0.3) is 0 Å². The summed E-state index contributed by atoms with van der Waals surface area (Å²) in [6.45, 7) is 6.69. The number of hydrogen-bond donors (Lipinski definition) is 1. The molecule has 1 heterocycles. The molecule has 21 heavy (non-hydrogen) atoms. The highest BCUT2D eigenvalue weighted by molar-refractivity contribution is 5.84. The van der Waals surface area contributed by atoms with Crippen LogP contribution in [0.4, 0.5) is 0 Å². The SMILES string of the molecule is CCCC1NC(CC(C)C)N(C2CCCCCCC2)C1=O. The number of carbonyl (C=O) groups excluding carboxylic acids is 1. The predicted molar refractivity (Wildman–Crippen MR) is 88.0 cm³/mol. The summed E-state index contributed by atoms with van der Waals surface area (Å²) in [5.41, 5.74) is 0. The number of carbonyl (C=O) groups is 1. The summed E-state index contributed by atoms with van der Waals surface area (Å²) >= 11 is 0. The Labute approximate surface area is 130 Å². The quantitative estimate of drug-likeness (QED) is 0.829. The second-order valence-corrected chi connectivity index (χ2v) is 7.40. The van der Waals surface area contributed by atoms with Crippen molar-refractivity contribution in [2.75, 3.05) is 0 Å². The van der Waals surface area contributed by atoms with Crippen LogP contribution >= 0.6 is 0 Å². The zero-order valence-corrected chi connectivity index (χ0v) is 14.2. The fourth-order valence-corrected chi connectivity index (χ4v) is 3.99. The van der Waals surface area contributed by atoms with Crippen molar-refractivity contribution in [3.8, 4) is 0 Å². The van der Waals surface area contributed by atoms with Gasteiger partial charge in [0.1, 0.15) is 0 Å². The lowest BCUT2D eigenvalue weighted by atomic mass is 9.94. The van der Waals surface area contributed by atoms with Crippen LogP contribution in [0, 0.1) is 5.92 Å². The van der Waals surface area contributed by atoms with Crippen LogP contribution in [0.2, 0.25) is 0 Å². The largest absolute Gasteiger partial charge is 0.323 e. The Kier molecular flexibility index (Phi) is 6.53. The third-order valence-corrected chi connectivity index (χ3v) is 5.02. The van der Waals surface area contributed by atoms with E-state index in [0.717, 1.165) is 19.3 Å². The van der Waals surface area contributed by atoms with Crippen molar-refractivity contribution in [1.29, 1.82) is 0 Å². The van der Waals surface area contributed by atoms with Gasteiger partial charge in [-0.25, -0.2) is 0 Å². The van der Waals surface area contributed by atoms with Gasteiger partial charge in [0, 0.05) is 6.04 Å². The van der Waals surface area contributed by atoms with Crippen LogP contribution in [0.5, 0.6) is 0 Å². The monoisotopic (exact) mass is 294 g/mol. The molecule has 3 nitrogen and oxygen atoms in total. The molecule has 1 aliphatic heterocycles. The highest BCUT2D eigenvalue weighted by atomic mass is 16.2. The van der Waals surface area contributed by atoms with Crippen molar-refractivity contribution in [3.63, 3.8) is 0 Å². The van der Waals surface area contributed by atoms with Crippen molar-refractivity contribution in [3.05, 3.63) is 0 Å². The van der Waals surface area contributed by atoms with Gasteiger partial charge in [0.25, 0.3) is 0 Å². The van der Waals surface area contributed by atoms with Gasteiger partial charge in [0.2, 0.25) is 5.91 Å². The van der Waals surface area contributed by atoms with Gasteiger partial charge in [-0.1, -0.05) is 59.3 Å². The van der Waals surface area contributed by atoms with E-state index in [0.29, 0.717) is 17.9 Å². The highest BCUT2D eigenvalue weighted by Crippen LogP contribution is 2.29. The highest BCUT2D eigenvalue weighted by Gasteiger charge is 2.41. The Morgan fingerprint density at radius 3 is 2.33 bits per heavy atom. The predicted octanol–water partition coefficient (Wildman–Crippen LogP) is 4.07. The molecule has 2 atom stereocenters. The second-order valence-electron chi connectivity index (χ2n) is 7.40. The first-order valence-electron chi connectivity index (χ1n) is 9.21. The first-order chi connectivity index (χ1) is 10.1. The lowest BCUT2D eigenvalue weighted by molar-refractivity contribution is -0.133. The number of amides is 1. The van der Waals surface area contributed by atoms with E-state index >= 15 is 0 Å². The molecule has 1 aliphatic carbocycles. The summed E-state index contributed by atoms with van der Waals surface area (Å²) in [7, 11) is 0. The summed E-state index contributed by atoms with van der Waals surface area (Å²) in [5.74, 6) is 1.01. The molecule has 1 N–H and O–H groups in total. The molecule has 1 amide bonds. The molecule has 0 bridgehead atoms. The second kappa shape index (κ2) is 8.17. The fourth-order valence-electron chi connectivity index (χ4n) is 3.99. The van der Waals surface area contributed by atoms with Crippen molar-refractivity contribution in [2.24, 2.45) is 5.92 Å².